The third-order valence-corrected chi connectivity index (χ3v) is 5.20. The van der Waals surface area contributed by atoms with Gasteiger partial charge in [0.1, 0.15) is 0 Å². The molecule has 0 heterocycles. The summed E-state index contributed by atoms with van der Waals surface area (Å²) >= 11 is 0. The van der Waals surface area contributed by atoms with Crippen LogP contribution in [-0.2, 0) is 0 Å². The van der Waals surface area contributed by atoms with Crippen LogP contribution >= 0.6 is 0 Å². The molecule has 0 aliphatic heterocycles. The van der Waals surface area contributed by atoms with Gasteiger partial charge >= 0.3 is 0 Å². The van der Waals surface area contributed by atoms with Gasteiger partial charge in [-0.05, 0) is 49.5 Å². The van der Waals surface area contributed by atoms with E-state index < -0.39 is 0 Å². The Labute approximate surface area is 121 Å². The highest BCUT2D eigenvalue weighted by Gasteiger charge is 2.38. The summed E-state index contributed by atoms with van der Waals surface area (Å²) in [6.45, 7) is 13.2. The van der Waals surface area contributed by atoms with Gasteiger partial charge in [-0.3, -0.25) is 0 Å². The number of hydrogen-bond donors (Lipinski definition) is 1. The normalized spacial score (nSPS) is 28.6. The van der Waals surface area contributed by atoms with Gasteiger partial charge in [0.25, 0.3) is 0 Å². The van der Waals surface area contributed by atoms with Crippen molar-refractivity contribution in [3.63, 3.8) is 0 Å². The molecule has 1 saturated carbocycles. The van der Waals surface area contributed by atoms with E-state index in [1.165, 1.54) is 57.9 Å². The fraction of sp³-hybridized carbons (Fsp3) is 1.00. The summed E-state index contributed by atoms with van der Waals surface area (Å²) in [4.78, 5) is 0. The molecule has 1 nitrogen and oxygen atoms in total. The SMILES string of the molecule is CCCCCC(C)(C)C1CCC(C)CC1NCCC. The quantitative estimate of drug-likeness (QED) is 0.581. The highest BCUT2D eigenvalue weighted by molar-refractivity contribution is 4.91. The van der Waals surface area contributed by atoms with Crippen LogP contribution in [0.2, 0.25) is 0 Å². The Morgan fingerprint density at radius 1 is 1.05 bits per heavy atom. The summed E-state index contributed by atoms with van der Waals surface area (Å²) in [5.74, 6) is 1.80. The van der Waals surface area contributed by atoms with Crippen molar-refractivity contribution < 1.29 is 0 Å². The van der Waals surface area contributed by atoms with Crippen LogP contribution in [0.1, 0.15) is 86.0 Å². The van der Waals surface area contributed by atoms with Gasteiger partial charge in [-0.25, -0.2) is 0 Å². The fourth-order valence-corrected chi connectivity index (χ4v) is 3.89. The van der Waals surface area contributed by atoms with E-state index in [4.69, 9.17) is 0 Å². The predicted molar refractivity (Wildman–Crippen MR) is 86.5 cm³/mol. The minimum Gasteiger partial charge on any atom is -0.314 e. The van der Waals surface area contributed by atoms with Gasteiger partial charge in [-0.2, -0.15) is 0 Å². The average Bonchev–Trinajstić information content (AvgIpc) is 2.36. The van der Waals surface area contributed by atoms with E-state index in [1.807, 2.05) is 0 Å². The second-order valence-corrected chi connectivity index (χ2v) is 7.53. The average molecular weight is 268 g/mol. The first-order chi connectivity index (χ1) is 9.01. The molecule has 1 N–H and O–H groups in total. The lowest BCUT2D eigenvalue weighted by atomic mass is 9.64. The van der Waals surface area contributed by atoms with Gasteiger partial charge in [0.05, 0.1) is 0 Å². The molecule has 0 amide bonds. The van der Waals surface area contributed by atoms with Crippen LogP contribution in [0.15, 0.2) is 0 Å². The third-order valence-electron chi connectivity index (χ3n) is 5.20. The van der Waals surface area contributed by atoms with E-state index in [-0.39, 0.29) is 0 Å². The van der Waals surface area contributed by atoms with Crippen molar-refractivity contribution in [2.45, 2.75) is 92.0 Å². The summed E-state index contributed by atoms with van der Waals surface area (Å²) in [5, 5.41) is 3.85. The van der Waals surface area contributed by atoms with Crippen LogP contribution in [0.3, 0.4) is 0 Å². The Hall–Kier alpha value is -0.0400. The Morgan fingerprint density at radius 2 is 1.79 bits per heavy atom. The molecule has 19 heavy (non-hydrogen) atoms. The van der Waals surface area contributed by atoms with E-state index in [0.717, 1.165) is 17.9 Å². The van der Waals surface area contributed by atoms with Crippen molar-refractivity contribution in [2.75, 3.05) is 6.54 Å². The Morgan fingerprint density at radius 3 is 2.42 bits per heavy atom. The maximum absolute atomic E-state index is 3.85. The maximum Gasteiger partial charge on any atom is 0.0103 e. The molecule has 114 valence electrons. The Bertz CT molecular complexity index is 234. The molecule has 0 aromatic carbocycles. The second-order valence-electron chi connectivity index (χ2n) is 7.53. The van der Waals surface area contributed by atoms with Crippen LogP contribution in [0.4, 0.5) is 0 Å². The Kier molecular flexibility index (Phi) is 7.42. The Balaban J connectivity index is 2.58. The van der Waals surface area contributed by atoms with Crippen molar-refractivity contribution in [2.24, 2.45) is 17.3 Å². The molecule has 3 unspecified atom stereocenters. The standard InChI is InChI=1S/C18H37N/c1-6-8-9-12-18(4,5)16-11-10-15(3)14-17(16)19-13-7-2/h15-17,19H,6-14H2,1-5H3. The number of nitrogens with one attached hydrogen (secondary N) is 1. The topological polar surface area (TPSA) is 12.0 Å². The molecule has 0 bridgehead atoms. The first-order valence-corrected chi connectivity index (χ1v) is 8.74. The van der Waals surface area contributed by atoms with Gasteiger partial charge < -0.3 is 5.32 Å². The number of hydrogen-bond acceptors (Lipinski definition) is 1. The number of unbranched alkanes of at least 4 members (excludes halogenated alkanes) is 2. The molecule has 0 spiro atoms. The zero-order valence-corrected chi connectivity index (χ0v) is 14.1. The summed E-state index contributed by atoms with van der Waals surface area (Å²) < 4.78 is 0. The monoisotopic (exact) mass is 267 g/mol. The molecule has 1 rings (SSSR count). The van der Waals surface area contributed by atoms with Crippen molar-refractivity contribution in [3.8, 4) is 0 Å². The van der Waals surface area contributed by atoms with E-state index in [0.29, 0.717) is 5.41 Å². The second kappa shape index (κ2) is 8.29. The van der Waals surface area contributed by atoms with Crippen molar-refractivity contribution in [1.29, 1.82) is 0 Å². The highest BCUT2D eigenvalue weighted by Crippen LogP contribution is 2.43. The molecule has 0 aromatic rings. The van der Waals surface area contributed by atoms with Crippen LogP contribution in [0, 0.1) is 17.3 Å². The molecule has 0 aromatic heterocycles. The summed E-state index contributed by atoms with van der Waals surface area (Å²) in [6, 6.07) is 0.764. The zero-order chi connectivity index (χ0) is 14.3. The summed E-state index contributed by atoms with van der Waals surface area (Å²) in [7, 11) is 0. The first kappa shape index (κ1) is 17.0. The lowest BCUT2D eigenvalue weighted by Gasteiger charge is -2.45. The fourth-order valence-electron chi connectivity index (χ4n) is 3.89. The third kappa shape index (κ3) is 5.45. The first-order valence-electron chi connectivity index (χ1n) is 8.74. The van der Waals surface area contributed by atoms with Crippen LogP contribution in [0.25, 0.3) is 0 Å². The van der Waals surface area contributed by atoms with Crippen molar-refractivity contribution in [3.05, 3.63) is 0 Å². The van der Waals surface area contributed by atoms with Crippen LogP contribution in [-0.4, -0.2) is 12.6 Å². The van der Waals surface area contributed by atoms with Gasteiger partial charge in [-0.1, -0.05) is 60.3 Å². The van der Waals surface area contributed by atoms with E-state index in [2.05, 4.69) is 39.9 Å². The molecular weight excluding hydrogens is 230 g/mol. The molecule has 0 radical (unpaired) electrons. The van der Waals surface area contributed by atoms with E-state index in [9.17, 15) is 0 Å². The summed E-state index contributed by atoms with van der Waals surface area (Å²) in [5.41, 5.74) is 0.515. The molecule has 1 heteroatoms. The molecular formula is C18H37N. The molecule has 1 aliphatic carbocycles. The van der Waals surface area contributed by atoms with Gasteiger partial charge in [0, 0.05) is 6.04 Å². The molecule has 1 aliphatic rings. The van der Waals surface area contributed by atoms with E-state index >= 15 is 0 Å². The van der Waals surface area contributed by atoms with Crippen LogP contribution in [0.5, 0.6) is 0 Å². The van der Waals surface area contributed by atoms with Crippen LogP contribution < -0.4 is 5.32 Å². The van der Waals surface area contributed by atoms with Gasteiger partial charge in [0.15, 0.2) is 0 Å². The minimum absolute atomic E-state index is 0.515. The van der Waals surface area contributed by atoms with Gasteiger partial charge in [0.2, 0.25) is 0 Å². The van der Waals surface area contributed by atoms with Crippen molar-refractivity contribution in [1.82, 2.24) is 5.32 Å². The minimum atomic E-state index is 0.515. The zero-order valence-electron chi connectivity index (χ0n) is 14.1. The molecule has 0 saturated heterocycles. The number of rotatable bonds is 8. The van der Waals surface area contributed by atoms with E-state index in [1.54, 1.807) is 0 Å². The van der Waals surface area contributed by atoms with Gasteiger partial charge in [-0.15, -0.1) is 0 Å². The lowest BCUT2D eigenvalue weighted by molar-refractivity contribution is 0.0844. The largest absolute Gasteiger partial charge is 0.314 e. The van der Waals surface area contributed by atoms with Crippen molar-refractivity contribution >= 4 is 0 Å². The molecule has 3 atom stereocenters. The maximum atomic E-state index is 3.85. The smallest absolute Gasteiger partial charge is 0.0103 e. The lowest BCUT2D eigenvalue weighted by Crippen LogP contribution is -2.47. The molecule has 1 fully saturated rings. The highest BCUT2D eigenvalue weighted by atomic mass is 14.9. The summed E-state index contributed by atoms with van der Waals surface area (Å²) in [6.07, 6.45) is 11.1. The predicted octanol–water partition coefficient (Wildman–Crippen LogP) is 5.40.